The highest BCUT2D eigenvalue weighted by molar-refractivity contribution is 14.0. The van der Waals surface area contributed by atoms with Gasteiger partial charge in [0.25, 0.3) is 0 Å². The number of halogens is 1. The van der Waals surface area contributed by atoms with Gasteiger partial charge in [-0.25, -0.2) is 4.99 Å². The molecule has 0 amide bonds. The number of aliphatic imine (C=N–C) groups is 1. The number of nitrogens with zero attached hydrogens (tertiary/aromatic N) is 3. The Morgan fingerprint density at radius 2 is 1.81 bits per heavy atom. The summed E-state index contributed by atoms with van der Waals surface area (Å²) in [6, 6.07) is 12.5. The van der Waals surface area contributed by atoms with E-state index in [1.807, 2.05) is 12.1 Å². The van der Waals surface area contributed by atoms with Crippen molar-refractivity contribution in [3.05, 3.63) is 59.5 Å². The number of ether oxygens (including phenoxy) is 1. The molecule has 1 aromatic carbocycles. The van der Waals surface area contributed by atoms with Crippen LogP contribution < -0.4 is 5.32 Å². The van der Waals surface area contributed by atoms with Gasteiger partial charge in [-0.2, -0.15) is 0 Å². The predicted octanol–water partition coefficient (Wildman–Crippen LogP) is 4.74. The average molecular weight is 555 g/mol. The Morgan fingerprint density at radius 3 is 2.50 bits per heavy atom. The molecule has 1 fully saturated rings. The van der Waals surface area contributed by atoms with Gasteiger partial charge in [0.2, 0.25) is 0 Å². The van der Waals surface area contributed by atoms with Crippen molar-refractivity contribution in [1.82, 2.24) is 15.1 Å². The van der Waals surface area contributed by atoms with E-state index in [4.69, 9.17) is 14.1 Å². The molecule has 2 aromatic rings. The van der Waals surface area contributed by atoms with Crippen LogP contribution in [0.25, 0.3) is 0 Å². The molecule has 2 heterocycles. The quantitative estimate of drug-likeness (QED) is 0.261. The maximum Gasteiger partial charge on any atom is 0.193 e. The zero-order chi connectivity index (χ0) is 21.9. The minimum absolute atomic E-state index is 0. The molecule has 0 spiro atoms. The van der Waals surface area contributed by atoms with Crippen molar-refractivity contribution in [2.45, 2.75) is 45.8 Å². The fourth-order valence-electron chi connectivity index (χ4n) is 4.03. The first kappa shape index (κ1) is 26.7. The van der Waals surface area contributed by atoms with Crippen LogP contribution >= 0.6 is 24.0 Å². The zero-order valence-electron chi connectivity index (χ0n) is 19.8. The zero-order valence-corrected chi connectivity index (χ0v) is 22.1. The normalized spacial score (nSPS) is 14.9. The molecular formula is C25H39IN4O2. The lowest BCUT2D eigenvalue weighted by atomic mass is 9.96. The lowest BCUT2D eigenvalue weighted by Gasteiger charge is -2.27. The van der Waals surface area contributed by atoms with Gasteiger partial charge in [0.05, 0.1) is 19.4 Å². The third kappa shape index (κ3) is 8.75. The number of guanidine groups is 1. The van der Waals surface area contributed by atoms with E-state index >= 15 is 0 Å². The van der Waals surface area contributed by atoms with Gasteiger partial charge in [-0.05, 0) is 62.4 Å². The van der Waals surface area contributed by atoms with Gasteiger partial charge < -0.3 is 19.4 Å². The monoisotopic (exact) mass is 554 g/mol. The molecule has 0 unspecified atom stereocenters. The first-order valence-corrected chi connectivity index (χ1v) is 11.5. The highest BCUT2D eigenvalue weighted by Crippen LogP contribution is 2.19. The van der Waals surface area contributed by atoms with Crippen LogP contribution in [0.2, 0.25) is 0 Å². The summed E-state index contributed by atoms with van der Waals surface area (Å²) in [6.45, 7) is 8.16. The van der Waals surface area contributed by atoms with Gasteiger partial charge in [0.1, 0.15) is 5.76 Å². The van der Waals surface area contributed by atoms with E-state index in [0.717, 1.165) is 57.0 Å². The van der Waals surface area contributed by atoms with Crippen LogP contribution in [0.5, 0.6) is 0 Å². The first-order chi connectivity index (χ1) is 15.2. The second-order valence-corrected chi connectivity index (χ2v) is 8.46. The average Bonchev–Trinajstić information content (AvgIpc) is 3.29. The van der Waals surface area contributed by atoms with Crippen LogP contribution in [-0.4, -0.2) is 56.2 Å². The molecule has 6 nitrogen and oxygen atoms in total. The second-order valence-electron chi connectivity index (χ2n) is 8.46. The van der Waals surface area contributed by atoms with Crippen molar-refractivity contribution in [3.8, 4) is 0 Å². The Morgan fingerprint density at radius 1 is 1.06 bits per heavy atom. The number of hydrogen-bond acceptors (Lipinski definition) is 4. The molecule has 0 aliphatic carbocycles. The molecule has 0 saturated carbocycles. The molecule has 178 valence electrons. The summed E-state index contributed by atoms with van der Waals surface area (Å²) in [7, 11) is 4.26. The van der Waals surface area contributed by atoms with Crippen LogP contribution in [0.3, 0.4) is 0 Å². The third-order valence-corrected chi connectivity index (χ3v) is 5.87. The number of benzene rings is 1. The van der Waals surface area contributed by atoms with Gasteiger partial charge in [0.15, 0.2) is 5.96 Å². The van der Waals surface area contributed by atoms with E-state index in [0.29, 0.717) is 6.54 Å². The van der Waals surface area contributed by atoms with E-state index in [-0.39, 0.29) is 24.0 Å². The summed E-state index contributed by atoms with van der Waals surface area (Å²) >= 11 is 0. The van der Waals surface area contributed by atoms with Crippen LogP contribution in [-0.2, 0) is 24.4 Å². The molecule has 1 N–H and O–H groups in total. The van der Waals surface area contributed by atoms with E-state index in [2.05, 4.69) is 60.4 Å². The standard InChI is InChI=1S/C25H38N4O2.HI/c1-4-26-25(29(3)14-11-21-12-16-30-17-13-21)27-18-22-8-5-6-9-23(22)19-28(2)20-24-10-7-15-31-24;/h5-10,15,21H,4,11-14,16-20H2,1-3H3,(H,26,27);1H. The summed E-state index contributed by atoms with van der Waals surface area (Å²) in [5.74, 6) is 2.73. The van der Waals surface area contributed by atoms with Gasteiger partial charge >= 0.3 is 0 Å². The van der Waals surface area contributed by atoms with Crippen LogP contribution in [0.4, 0.5) is 0 Å². The lowest BCUT2D eigenvalue weighted by molar-refractivity contribution is 0.0625. The highest BCUT2D eigenvalue weighted by atomic mass is 127. The number of nitrogens with one attached hydrogen (secondary N) is 1. The summed E-state index contributed by atoms with van der Waals surface area (Å²) in [5.41, 5.74) is 2.57. The van der Waals surface area contributed by atoms with Gasteiger partial charge in [-0.1, -0.05) is 24.3 Å². The molecule has 1 aliphatic heterocycles. The van der Waals surface area contributed by atoms with Crippen molar-refractivity contribution in [2.24, 2.45) is 10.9 Å². The van der Waals surface area contributed by atoms with Crippen LogP contribution in [0.15, 0.2) is 52.1 Å². The molecule has 3 rings (SSSR count). The number of rotatable bonds is 10. The Labute approximate surface area is 210 Å². The van der Waals surface area contributed by atoms with Crippen molar-refractivity contribution < 1.29 is 9.15 Å². The molecule has 7 heteroatoms. The SMILES string of the molecule is CCNC(=NCc1ccccc1CN(C)Cc1ccco1)N(C)CCC1CCOCC1.I. The summed E-state index contributed by atoms with van der Waals surface area (Å²) in [4.78, 5) is 9.50. The molecular weight excluding hydrogens is 515 g/mol. The molecule has 0 radical (unpaired) electrons. The van der Waals surface area contributed by atoms with Gasteiger partial charge in [-0.3, -0.25) is 4.90 Å². The van der Waals surface area contributed by atoms with Crippen molar-refractivity contribution in [1.29, 1.82) is 0 Å². The van der Waals surface area contributed by atoms with Gasteiger partial charge in [-0.15, -0.1) is 24.0 Å². The molecule has 0 atom stereocenters. The third-order valence-electron chi connectivity index (χ3n) is 5.87. The molecule has 1 aliphatic rings. The minimum Gasteiger partial charge on any atom is -0.468 e. The molecule has 32 heavy (non-hydrogen) atoms. The lowest BCUT2D eigenvalue weighted by Crippen LogP contribution is -2.40. The maximum atomic E-state index is 5.49. The predicted molar refractivity (Wildman–Crippen MR) is 141 cm³/mol. The summed E-state index contributed by atoms with van der Waals surface area (Å²) in [6.07, 6.45) is 5.28. The Kier molecular flexibility index (Phi) is 12.1. The fraction of sp³-hybridized carbons (Fsp3) is 0.560. The smallest absolute Gasteiger partial charge is 0.193 e. The molecule has 1 saturated heterocycles. The fourth-order valence-corrected chi connectivity index (χ4v) is 4.03. The van der Waals surface area contributed by atoms with Crippen molar-refractivity contribution >= 4 is 29.9 Å². The van der Waals surface area contributed by atoms with E-state index in [1.165, 1.54) is 30.4 Å². The topological polar surface area (TPSA) is 53.2 Å². The highest BCUT2D eigenvalue weighted by Gasteiger charge is 2.15. The van der Waals surface area contributed by atoms with Crippen molar-refractivity contribution in [2.75, 3.05) is 40.4 Å². The summed E-state index contributed by atoms with van der Waals surface area (Å²) < 4.78 is 11.0. The summed E-state index contributed by atoms with van der Waals surface area (Å²) in [5, 5.41) is 3.46. The minimum atomic E-state index is 0. The first-order valence-electron chi connectivity index (χ1n) is 11.5. The molecule has 1 aromatic heterocycles. The van der Waals surface area contributed by atoms with Gasteiger partial charge in [0, 0.05) is 39.9 Å². The van der Waals surface area contributed by atoms with E-state index < -0.39 is 0 Å². The molecule has 0 bridgehead atoms. The largest absolute Gasteiger partial charge is 0.468 e. The maximum absolute atomic E-state index is 5.49. The second kappa shape index (κ2) is 14.5. The Balaban J connectivity index is 0.00000363. The van der Waals surface area contributed by atoms with Crippen LogP contribution in [0.1, 0.15) is 43.1 Å². The Bertz CT molecular complexity index is 791. The van der Waals surface area contributed by atoms with Crippen LogP contribution in [0, 0.1) is 5.92 Å². The number of hydrogen-bond donors (Lipinski definition) is 1. The Hall–Kier alpha value is -1.58. The number of furan rings is 1. The van der Waals surface area contributed by atoms with E-state index in [1.54, 1.807) is 6.26 Å². The van der Waals surface area contributed by atoms with E-state index in [9.17, 15) is 0 Å². The van der Waals surface area contributed by atoms with Crippen molar-refractivity contribution in [3.63, 3.8) is 0 Å².